The largest absolute Gasteiger partial charge is 0.229 e. The first kappa shape index (κ1) is 16.4. The van der Waals surface area contributed by atoms with E-state index in [0.29, 0.717) is 25.1 Å². The Morgan fingerprint density at radius 1 is 1.21 bits per heavy atom. The van der Waals surface area contributed by atoms with Crippen LogP contribution in [0.25, 0.3) is 0 Å². The van der Waals surface area contributed by atoms with Gasteiger partial charge in [-0.1, -0.05) is 19.1 Å². The minimum atomic E-state index is -2.95. The second-order valence-corrected chi connectivity index (χ2v) is 7.40. The second-order valence-electron chi connectivity index (χ2n) is 4.79. The zero-order valence-corrected chi connectivity index (χ0v) is 12.7. The monoisotopic (exact) mass is 306 g/mol. The molecule has 0 aliphatic carbocycles. The lowest BCUT2D eigenvalue weighted by Crippen LogP contribution is -2.16. The van der Waals surface area contributed by atoms with Crippen molar-refractivity contribution in [3.63, 3.8) is 0 Å². The molecule has 1 aromatic carbocycles. The van der Waals surface area contributed by atoms with Gasteiger partial charge < -0.3 is 0 Å². The Balaban J connectivity index is 2.52. The number of rotatable bonds is 8. The van der Waals surface area contributed by atoms with E-state index in [-0.39, 0.29) is 23.2 Å². The van der Waals surface area contributed by atoms with Gasteiger partial charge >= 0.3 is 0 Å². The highest BCUT2D eigenvalue weighted by Gasteiger charge is 2.15. The first-order valence-electron chi connectivity index (χ1n) is 6.47. The molecule has 1 unspecified atom stereocenters. The summed E-state index contributed by atoms with van der Waals surface area (Å²) in [7, 11) is -2.95. The van der Waals surface area contributed by atoms with Crippen LogP contribution < -0.4 is 0 Å². The van der Waals surface area contributed by atoms with Gasteiger partial charge in [0.15, 0.2) is 0 Å². The molecule has 5 heteroatoms. The Bertz CT molecular complexity index is 471. The number of alkyl halides is 1. The van der Waals surface area contributed by atoms with Gasteiger partial charge in [0.25, 0.3) is 0 Å². The summed E-state index contributed by atoms with van der Waals surface area (Å²) in [4.78, 5) is 0. The maximum atomic E-state index is 12.8. The summed E-state index contributed by atoms with van der Waals surface area (Å²) in [6.07, 6.45) is 1.89. The minimum Gasteiger partial charge on any atom is -0.229 e. The summed E-state index contributed by atoms with van der Waals surface area (Å²) in [5, 5.41) is 0. The van der Waals surface area contributed by atoms with Crippen molar-refractivity contribution in [3.8, 4) is 0 Å². The van der Waals surface area contributed by atoms with E-state index in [9.17, 15) is 12.8 Å². The Hall–Kier alpha value is -0.610. The molecule has 0 radical (unpaired) electrons. The molecule has 19 heavy (non-hydrogen) atoms. The summed E-state index contributed by atoms with van der Waals surface area (Å²) in [5.74, 6) is 0.673. The third-order valence-corrected chi connectivity index (χ3v) is 5.33. The van der Waals surface area contributed by atoms with E-state index >= 15 is 0 Å². The van der Waals surface area contributed by atoms with E-state index in [4.69, 9.17) is 11.6 Å². The average molecular weight is 307 g/mol. The van der Waals surface area contributed by atoms with Gasteiger partial charge in [-0.3, -0.25) is 0 Å². The quantitative estimate of drug-likeness (QED) is 0.690. The van der Waals surface area contributed by atoms with Crippen molar-refractivity contribution in [3.05, 3.63) is 35.6 Å². The topological polar surface area (TPSA) is 34.1 Å². The van der Waals surface area contributed by atoms with Crippen LogP contribution in [0, 0.1) is 11.7 Å². The minimum absolute atomic E-state index is 0.110. The molecule has 0 aliphatic heterocycles. The van der Waals surface area contributed by atoms with Gasteiger partial charge in [0.05, 0.1) is 5.75 Å². The van der Waals surface area contributed by atoms with Crippen LogP contribution in [0.5, 0.6) is 0 Å². The Kier molecular flexibility index (Phi) is 6.80. The average Bonchev–Trinajstić information content (AvgIpc) is 2.36. The van der Waals surface area contributed by atoms with E-state index < -0.39 is 9.84 Å². The molecule has 0 bridgehead atoms. The molecule has 1 rings (SSSR count). The number of hydrogen-bond acceptors (Lipinski definition) is 2. The van der Waals surface area contributed by atoms with E-state index in [0.717, 1.165) is 5.56 Å². The molecular weight excluding hydrogens is 287 g/mol. The smallest absolute Gasteiger partial charge is 0.150 e. The van der Waals surface area contributed by atoms with Crippen molar-refractivity contribution in [1.82, 2.24) is 0 Å². The summed E-state index contributed by atoms with van der Waals surface area (Å²) >= 11 is 5.89. The lowest BCUT2D eigenvalue weighted by molar-refractivity contribution is 0.546. The zero-order chi connectivity index (χ0) is 14.3. The molecule has 0 fully saturated rings. The first-order chi connectivity index (χ1) is 8.96. The first-order valence-corrected chi connectivity index (χ1v) is 8.83. The Labute approximate surface area is 119 Å². The lowest BCUT2D eigenvalue weighted by atomic mass is 9.99. The highest BCUT2D eigenvalue weighted by Crippen LogP contribution is 2.16. The Morgan fingerprint density at radius 3 is 2.37 bits per heavy atom. The van der Waals surface area contributed by atoms with E-state index in [1.807, 2.05) is 6.92 Å². The van der Waals surface area contributed by atoms with Gasteiger partial charge in [0.1, 0.15) is 15.7 Å². The molecule has 1 atom stereocenters. The van der Waals surface area contributed by atoms with Crippen LogP contribution in [0.1, 0.15) is 25.3 Å². The van der Waals surface area contributed by atoms with Gasteiger partial charge in [-0.25, -0.2) is 12.8 Å². The summed E-state index contributed by atoms with van der Waals surface area (Å²) in [6, 6.07) is 6.26. The SMILES string of the molecule is CCCS(=O)(=O)CCC(CCl)Cc1ccc(F)cc1. The summed E-state index contributed by atoms with van der Waals surface area (Å²) in [5.41, 5.74) is 0.986. The molecule has 0 saturated heterocycles. The van der Waals surface area contributed by atoms with Crippen molar-refractivity contribution in [1.29, 1.82) is 0 Å². The number of hydrogen-bond donors (Lipinski definition) is 0. The van der Waals surface area contributed by atoms with Crippen LogP contribution in [-0.4, -0.2) is 25.8 Å². The molecule has 0 spiro atoms. The molecule has 0 aromatic heterocycles. The molecule has 0 N–H and O–H groups in total. The van der Waals surface area contributed by atoms with Crippen LogP contribution in [0.2, 0.25) is 0 Å². The second kappa shape index (κ2) is 7.85. The number of benzene rings is 1. The molecule has 0 aliphatic rings. The fourth-order valence-electron chi connectivity index (χ4n) is 1.95. The predicted octanol–water partition coefficient (Wildman–Crippen LogP) is 3.44. The van der Waals surface area contributed by atoms with Gasteiger partial charge in [-0.05, 0) is 42.9 Å². The van der Waals surface area contributed by atoms with E-state index in [2.05, 4.69) is 0 Å². The van der Waals surface area contributed by atoms with Crippen molar-refractivity contribution in [2.45, 2.75) is 26.2 Å². The van der Waals surface area contributed by atoms with Gasteiger partial charge in [-0.2, -0.15) is 0 Å². The van der Waals surface area contributed by atoms with Crippen LogP contribution in [0.15, 0.2) is 24.3 Å². The maximum absolute atomic E-state index is 12.8. The molecule has 0 heterocycles. The fourth-order valence-corrected chi connectivity index (χ4v) is 3.73. The third kappa shape index (κ3) is 6.39. The third-order valence-electron chi connectivity index (χ3n) is 3.01. The van der Waals surface area contributed by atoms with Crippen LogP contribution in [-0.2, 0) is 16.3 Å². The van der Waals surface area contributed by atoms with Crippen LogP contribution in [0.3, 0.4) is 0 Å². The molecule has 0 amide bonds. The summed E-state index contributed by atoms with van der Waals surface area (Å²) in [6.45, 7) is 1.86. The van der Waals surface area contributed by atoms with Crippen molar-refractivity contribution in [2.75, 3.05) is 17.4 Å². The van der Waals surface area contributed by atoms with Crippen LogP contribution >= 0.6 is 11.6 Å². The van der Waals surface area contributed by atoms with E-state index in [1.165, 1.54) is 12.1 Å². The lowest BCUT2D eigenvalue weighted by Gasteiger charge is -2.14. The molecular formula is C14H20ClFO2S. The maximum Gasteiger partial charge on any atom is 0.150 e. The number of sulfone groups is 1. The standard InChI is InChI=1S/C14H20ClFO2S/c1-2-8-19(17,18)9-7-13(11-15)10-12-3-5-14(16)6-4-12/h3-6,13H,2,7-11H2,1H3. The zero-order valence-electron chi connectivity index (χ0n) is 11.1. The van der Waals surface area contributed by atoms with Gasteiger partial charge in [-0.15, -0.1) is 11.6 Å². The van der Waals surface area contributed by atoms with Crippen molar-refractivity contribution >= 4 is 21.4 Å². The Morgan fingerprint density at radius 2 is 1.84 bits per heavy atom. The van der Waals surface area contributed by atoms with Gasteiger partial charge in [0.2, 0.25) is 0 Å². The summed E-state index contributed by atoms with van der Waals surface area (Å²) < 4.78 is 36.1. The van der Waals surface area contributed by atoms with Crippen molar-refractivity contribution in [2.24, 2.45) is 5.92 Å². The molecule has 2 nitrogen and oxygen atoms in total. The van der Waals surface area contributed by atoms with E-state index in [1.54, 1.807) is 12.1 Å². The highest BCUT2D eigenvalue weighted by atomic mass is 35.5. The molecule has 1 aromatic rings. The van der Waals surface area contributed by atoms with Gasteiger partial charge in [0, 0.05) is 11.6 Å². The van der Waals surface area contributed by atoms with Crippen molar-refractivity contribution < 1.29 is 12.8 Å². The van der Waals surface area contributed by atoms with Crippen LogP contribution in [0.4, 0.5) is 4.39 Å². The molecule has 0 saturated carbocycles. The predicted molar refractivity (Wildman–Crippen MR) is 77.9 cm³/mol. The normalized spacial score (nSPS) is 13.4. The highest BCUT2D eigenvalue weighted by molar-refractivity contribution is 7.91. The fraction of sp³-hybridized carbons (Fsp3) is 0.571. The molecule has 108 valence electrons. The number of halogens is 2.